The maximum atomic E-state index is 6.45. The molecule has 2 aliphatic rings. The maximum Gasteiger partial charge on any atom is 0.150 e. The Bertz CT molecular complexity index is 1360. The van der Waals surface area contributed by atoms with E-state index in [0.717, 1.165) is 81.4 Å². The highest BCUT2D eigenvalue weighted by Gasteiger charge is 2.20. The number of aromatic amines is 1. The molecule has 2 aliphatic heterocycles. The van der Waals surface area contributed by atoms with E-state index in [0.29, 0.717) is 0 Å². The number of piperazine rings is 1. The molecule has 0 amide bonds. The molecule has 0 unspecified atom stereocenters. The first-order valence-corrected chi connectivity index (χ1v) is 14.4. The molecule has 4 aromatic rings. The van der Waals surface area contributed by atoms with Crippen molar-refractivity contribution in [1.29, 1.82) is 0 Å². The molecule has 198 valence electrons. The van der Waals surface area contributed by atoms with Crippen LogP contribution in [0.3, 0.4) is 0 Å². The van der Waals surface area contributed by atoms with E-state index < -0.39 is 0 Å². The van der Waals surface area contributed by atoms with Gasteiger partial charge in [-0.05, 0) is 67.4 Å². The molecule has 0 aliphatic carbocycles. The number of fused-ring (bicyclic) bond motifs is 1. The second-order valence-electron chi connectivity index (χ2n) is 10.1. The van der Waals surface area contributed by atoms with Crippen LogP contribution in [0.15, 0.2) is 77.4 Å². The lowest BCUT2D eigenvalue weighted by atomic mass is 10.1. The van der Waals surface area contributed by atoms with Crippen LogP contribution in [0.2, 0.25) is 0 Å². The zero-order valence-corrected chi connectivity index (χ0v) is 23.3. The highest BCUT2D eigenvalue weighted by molar-refractivity contribution is 9.10. The second-order valence-corrected chi connectivity index (χ2v) is 11.0. The molecular formula is C31H35BrN4O2. The Hall–Kier alpha value is -3.00. The van der Waals surface area contributed by atoms with Gasteiger partial charge in [-0.25, -0.2) is 0 Å². The lowest BCUT2D eigenvalue weighted by molar-refractivity contribution is 0.122. The fourth-order valence-corrected chi connectivity index (χ4v) is 5.92. The number of morpholine rings is 1. The van der Waals surface area contributed by atoms with Gasteiger partial charge in [0.05, 0.1) is 18.9 Å². The summed E-state index contributed by atoms with van der Waals surface area (Å²) in [4.78, 5) is 10.8. The van der Waals surface area contributed by atoms with Crippen LogP contribution in [0.4, 0.5) is 11.4 Å². The summed E-state index contributed by atoms with van der Waals surface area (Å²) < 4.78 is 13.1. The molecule has 1 aromatic heterocycles. The Morgan fingerprint density at radius 1 is 0.842 bits per heavy atom. The zero-order chi connectivity index (χ0) is 25.7. The predicted octanol–water partition coefficient (Wildman–Crippen LogP) is 6.31. The predicted molar refractivity (Wildman–Crippen MR) is 159 cm³/mol. The van der Waals surface area contributed by atoms with Crippen LogP contribution in [0.1, 0.15) is 12.0 Å². The van der Waals surface area contributed by atoms with Crippen LogP contribution in [-0.4, -0.2) is 68.9 Å². The van der Waals surface area contributed by atoms with Crippen LogP contribution >= 0.6 is 15.9 Å². The summed E-state index contributed by atoms with van der Waals surface area (Å²) >= 11 is 3.61. The number of halogens is 1. The number of ether oxygens (including phenoxy) is 2. The second kappa shape index (κ2) is 11.8. The van der Waals surface area contributed by atoms with Crippen LogP contribution < -0.4 is 14.5 Å². The Balaban J connectivity index is 1.04. The molecule has 6 nitrogen and oxygen atoms in total. The van der Waals surface area contributed by atoms with E-state index in [1.54, 1.807) is 0 Å². The molecule has 0 bridgehead atoms. The molecule has 0 radical (unpaired) electrons. The van der Waals surface area contributed by atoms with Gasteiger partial charge in [-0.1, -0.05) is 34.1 Å². The summed E-state index contributed by atoms with van der Waals surface area (Å²) in [6.07, 6.45) is 4.43. The highest BCUT2D eigenvalue weighted by Crippen LogP contribution is 2.34. The summed E-state index contributed by atoms with van der Waals surface area (Å²) in [5.41, 5.74) is 4.99. The standard InChI is InChI=1S/C31H35BrN4O2/c32-25-10-11-29-28(21-25)24(23-33-29)5-4-12-34-13-15-36(16-14-34)30-8-1-2-9-31(30)38-27-7-3-6-26(22-27)35-17-19-37-20-18-35/h1-3,6-11,21-23,33H,4-5,12-20H2. The first kappa shape index (κ1) is 25.3. The molecule has 3 heterocycles. The zero-order valence-electron chi connectivity index (χ0n) is 21.7. The molecule has 6 rings (SSSR count). The monoisotopic (exact) mass is 574 g/mol. The van der Waals surface area contributed by atoms with Crippen molar-refractivity contribution in [3.63, 3.8) is 0 Å². The Morgan fingerprint density at radius 2 is 1.68 bits per heavy atom. The average molecular weight is 576 g/mol. The van der Waals surface area contributed by atoms with Gasteiger partial charge in [0.1, 0.15) is 5.75 Å². The van der Waals surface area contributed by atoms with Crippen molar-refractivity contribution < 1.29 is 9.47 Å². The topological polar surface area (TPSA) is 44.0 Å². The molecule has 3 aromatic carbocycles. The first-order valence-electron chi connectivity index (χ1n) is 13.7. The smallest absolute Gasteiger partial charge is 0.150 e. The fourth-order valence-electron chi connectivity index (χ4n) is 5.56. The normalized spacial score (nSPS) is 16.8. The first-order chi connectivity index (χ1) is 18.7. The Morgan fingerprint density at radius 3 is 2.55 bits per heavy atom. The third kappa shape index (κ3) is 5.85. The summed E-state index contributed by atoms with van der Waals surface area (Å²) in [5.74, 6) is 1.80. The summed E-state index contributed by atoms with van der Waals surface area (Å²) in [7, 11) is 0. The third-order valence-electron chi connectivity index (χ3n) is 7.65. The van der Waals surface area contributed by atoms with Gasteiger partial charge in [0.2, 0.25) is 0 Å². The molecule has 0 saturated carbocycles. The van der Waals surface area contributed by atoms with E-state index in [4.69, 9.17) is 9.47 Å². The lowest BCUT2D eigenvalue weighted by Gasteiger charge is -2.36. The minimum absolute atomic E-state index is 0.779. The summed E-state index contributed by atoms with van der Waals surface area (Å²) in [5, 5.41) is 1.33. The van der Waals surface area contributed by atoms with Crippen molar-refractivity contribution in [2.75, 3.05) is 68.8 Å². The van der Waals surface area contributed by atoms with Gasteiger partial charge in [0.25, 0.3) is 0 Å². The molecule has 2 fully saturated rings. The van der Waals surface area contributed by atoms with Crippen molar-refractivity contribution in [1.82, 2.24) is 9.88 Å². The van der Waals surface area contributed by atoms with Crippen molar-refractivity contribution >= 4 is 38.2 Å². The van der Waals surface area contributed by atoms with Crippen molar-refractivity contribution in [3.05, 3.63) is 83.0 Å². The SMILES string of the molecule is Brc1ccc2[nH]cc(CCCN3CCN(c4ccccc4Oc4cccc(N5CCOCC5)c4)CC3)c2c1. The Labute approximate surface area is 233 Å². The van der Waals surface area contributed by atoms with Crippen molar-refractivity contribution in [2.24, 2.45) is 0 Å². The Kier molecular flexibility index (Phi) is 7.86. The van der Waals surface area contributed by atoms with Gasteiger partial charge >= 0.3 is 0 Å². The number of hydrogen-bond acceptors (Lipinski definition) is 5. The number of H-pyrrole nitrogens is 1. The summed E-state index contributed by atoms with van der Waals surface area (Å²) in [6.45, 7) is 8.68. The number of anilines is 2. The van der Waals surface area contributed by atoms with E-state index in [9.17, 15) is 0 Å². The number of benzene rings is 3. The van der Waals surface area contributed by atoms with Crippen LogP contribution in [-0.2, 0) is 11.2 Å². The molecular weight excluding hydrogens is 540 g/mol. The molecule has 1 N–H and O–H groups in total. The van der Waals surface area contributed by atoms with Crippen LogP contribution in [0.5, 0.6) is 11.5 Å². The van der Waals surface area contributed by atoms with Gasteiger partial charge < -0.3 is 24.3 Å². The number of nitrogens with one attached hydrogen (secondary N) is 1. The van der Waals surface area contributed by atoms with Crippen molar-refractivity contribution in [2.45, 2.75) is 12.8 Å². The minimum atomic E-state index is 0.779. The lowest BCUT2D eigenvalue weighted by Crippen LogP contribution is -2.46. The van der Waals surface area contributed by atoms with E-state index in [1.165, 1.54) is 34.3 Å². The number of aryl methyl sites for hydroxylation is 1. The highest BCUT2D eigenvalue weighted by atomic mass is 79.9. The number of aromatic nitrogens is 1. The number of para-hydroxylation sites is 2. The quantitative estimate of drug-likeness (QED) is 0.267. The molecule has 38 heavy (non-hydrogen) atoms. The van der Waals surface area contributed by atoms with E-state index in [-0.39, 0.29) is 0 Å². The number of rotatable bonds is 8. The van der Waals surface area contributed by atoms with Crippen LogP contribution in [0.25, 0.3) is 10.9 Å². The maximum absolute atomic E-state index is 6.45. The van der Waals surface area contributed by atoms with E-state index >= 15 is 0 Å². The van der Waals surface area contributed by atoms with Crippen LogP contribution in [0, 0.1) is 0 Å². The average Bonchev–Trinajstić information content (AvgIpc) is 3.36. The van der Waals surface area contributed by atoms with Gasteiger partial charge in [-0.2, -0.15) is 0 Å². The molecule has 2 saturated heterocycles. The number of hydrogen-bond donors (Lipinski definition) is 1. The van der Waals surface area contributed by atoms with Gasteiger partial charge in [-0.3, -0.25) is 4.90 Å². The van der Waals surface area contributed by atoms with Crippen molar-refractivity contribution in [3.8, 4) is 11.5 Å². The number of nitrogens with zero attached hydrogens (tertiary/aromatic N) is 3. The fraction of sp³-hybridized carbons (Fsp3) is 0.355. The molecule has 7 heteroatoms. The largest absolute Gasteiger partial charge is 0.455 e. The molecule has 0 atom stereocenters. The van der Waals surface area contributed by atoms with Gasteiger partial charge in [-0.15, -0.1) is 0 Å². The van der Waals surface area contributed by atoms with Gasteiger partial charge in [0.15, 0.2) is 5.75 Å². The minimum Gasteiger partial charge on any atom is -0.455 e. The third-order valence-corrected chi connectivity index (χ3v) is 8.14. The van der Waals surface area contributed by atoms with E-state index in [2.05, 4.69) is 102 Å². The molecule has 0 spiro atoms. The van der Waals surface area contributed by atoms with Gasteiger partial charge in [0, 0.05) is 72.6 Å². The van der Waals surface area contributed by atoms with E-state index in [1.807, 2.05) is 6.07 Å². The summed E-state index contributed by atoms with van der Waals surface area (Å²) in [6, 6.07) is 23.3.